The summed E-state index contributed by atoms with van der Waals surface area (Å²) >= 11 is 6.01. The van der Waals surface area contributed by atoms with Crippen molar-refractivity contribution in [3.63, 3.8) is 0 Å². The molecule has 0 fully saturated rings. The molecule has 3 rings (SSSR count). The van der Waals surface area contributed by atoms with Crippen LogP contribution in [0.25, 0.3) is 0 Å². The number of likely N-dealkylation sites (N-methyl/N-ethyl adjacent to an activating group) is 1. The van der Waals surface area contributed by atoms with Crippen molar-refractivity contribution in [3.05, 3.63) is 95.3 Å². The minimum Gasteiger partial charge on any atom is -0.355 e. The van der Waals surface area contributed by atoms with Crippen LogP contribution in [0.3, 0.4) is 0 Å². The molecule has 1 N–H and O–H groups in total. The van der Waals surface area contributed by atoms with Gasteiger partial charge >= 0.3 is 0 Å². The molecular formula is C27H29ClFN3O4S. The number of nitrogens with one attached hydrogen (secondary N) is 1. The Labute approximate surface area is 221 Å². The van der Waals surface area contributed by atoms with Crippen molar-refractivity contribution in [3.8, 4) is 0 Å². The van der Waals surface area contributed by atoms with E-state index in [1.54, 1.807) is 68.4 Å². The van der Waals surface area contributed by atoms with Crippen molar-refractivity contribution in [2.45, 2.75) is 37.8 Å². The summed E-state index contributed by atoms with van der Waals surface area (Å²) in [5.41, 5.74) is 0.992. The number of rotatable bonds is 11. The number of benzene rings is 3. The average molecular weight is 546 g/mol. The van der Waals surface area contributed by atoms with Crippen LogP contribution in [0, 0.1) is 5.82 Å². The molecule has 0 bridgehead atoms. The molecule has 0 radical (unpaired) electrons. The van der Waals surface area contributed by atoms with Crippen LogP contribution in [-0.4, -0.2) is 44.3 Å². The van der Waals surface area contributed by atoms with E-state index in [-0.39, 0.29) is 23.0 Å². The van der Waals surface area contributed by atoms with Gasteiger partial charge < -0.3 is 10.2 Å². The molecule has 37 heavy (non-hydrogen) atoms. The Morgan fingerprint density at radius 1 is 0.946 bits per heavy atom. The fourth-order valence-corrected chi connectivity index (χ4v) is 5.39. The molecule has 0 saturated heterocycles. The third-order valence-corrected chi connectivity index (χ3v) is 7.77. The van der Waals surface area contributed by atoms with Crippen molar-refractivity contribution < 1.29 is 22.4 Å². The number of carbonyl (C=O) groups is 2. The van der Waals surface area contributed by atoms with Gasteiger partial charge in [-0.1, -0.05) is 48.9 Å². The number of amides is 2. The van der Waals surface area contributed by atoms with Crippen LogP contribution in [0.4, 0.5) is 10.1 Å². The number of carbonyl (C=O) groups excluding carboxylic acids is 2. The van der Waals surface area contributed by atoms with Crippen LogP contribution in [0.15, 0.2) is 83.8 Å². The Morgan fingerprint density at radius 3 is 2.14 bits per heavy atom. The van der Waals surface area contributed by atoms with E-state index in [9.17, 15) is 22.4 Å². The zero-order chi connectivity index (χ0) is 27.0. The van der Waals surface area contributed by atoms with Gasteiger partial charge in [-0.15, -0.1) is 0 Å². The van der Waals surface area contributed by atoms with Crippen molar-refractivity contribution in [1.29, 1.82) is 0 Å². The topological polar surface area (TPSA) is 86.8 Å². The normalized spacial score (nSPS) is 12.0. The molecule has 196 valence electrons. The zero-order valence-electron chi connectivity index (χ0n) is 20.6. The Balaban J connectivity index is 2.02. The molecule has 10 heteroatoms. The summed E-state index contributed by atoms with van der Waals surface area (Å²) in [6.07, 6.45) is 0.321. The molecule has 0 aliphatic carbocycles. The fourth-order valence-electron chi connectivity index (χ4n) is 3.85. The van der Waals surface area contributed by atoms with Crippen molar-refractivity contribution >= 4 is 39.1 Å². The SMILES string of the molecule is CCNC(=O)C(CC)N(Cc1ccc(Cl)cc1)C(=O)CN(c1ccccc1)S(=O)(=O)c1ccc(F)cc1. The fraction of sp³-hybridized carbons (Fsp3) is 0.259. The summed E-state index contributed by atoms with van der Waals surface area (Å²) in [4.78, 5) is 27.9. The number of hydrogen-bond donors (Lipinski definition) is 1. The lowest BCUT2D eigenvalue weighted by molar-refractivity contribution is -0.140. The molecule has 1 atom stereocenters. The number of halogens is 2. The van der Waals surface area contributed by atoms with E-state index in [4.69, 9.17) is 11.6 Å². The maximum Gasteiger partial charge on any atom is 0.264 e. The molecule has 0 heterocycles. The van der Waals surface area contributed by atoms with E-state index in [1.165, 1.54) is 4.90 Å². The maximum atomic E-state index is 13.8. The third kappa shape index (κ3) is 7.08. The van der Waals surface area contributed by atoms with E-state index in [0.29, 0.717) is 18.0 Å². The highest BCUT2D eigenvalue weighted by Crippen LogP contribution is 2.25. The van der Waals surface area contributed by atoms with Gasteiger partial charge in [0.1, 0.15) is 18.4 Å². The van der Waals surface area contributed by atoms with Crippen LogP contribution < -0.4 is 9.62 Å². The van der Waals surface area contributed by atoms with Gasteiger partial charge in [-0.2, -0.15) is 0 Å². The van der Waals surface area contributed by atoms with E-state index >= 15 is 0 Å². The highest BCUT2D eigenvalue weighted by Gasteiger charge is 2.33. The van der Waals surface area contributed by atoms with Crippen LogP contribution >= 0.6 is 11.6 Å². The van der Waals surface area contributed by atoms with Crippen LogP contribution in [0.2, 0.25) is 5.02 Å². The van der Waals surface area contributed by atoms with Gasteiger partial charge in [0.05, 0.1) is 10.6 Å². The standard InChI is InChI=1S/C27H29ClFN3O4S/c1-3-25(27(34)30-4-2)31(18-20-10-12-21(28)13-11-20)26(33)19-32(23-8-6-5-7-9-23)37(35,36)24-16-14-22(29)15-17-24/h5-17,25H,3-4,18-19H2,1-2H3,(H,30,34). The van der Waals surface area contributed by atoms with E-state index in [1.807, 2.05) is 0 Å². The molecule has 7 nitrogen and oxygen atoms in total. The zero-order valence-corrected chi connectivity index (χ0v) is 22.2. The van der Waals surface area contributed by atoms with Gasteiger partial charge in [-0.3, -0.25) is 13.9 Å². The lowest BCUT2D eigenvalue weighted by Gasteiger charge is -2.33. The van der Waals surface area contributed by atoms with E-state index in [2.05, 4.69) is 5.32 Å². The summed E-state index contributed by atoms with van der Waals surface area (Å²) in [5, 5.41) is 3.28. The summed E-state index contributed by atoms with van der Waals surface area (Å²) in [6, 6.07) is 18.6. The molecule has 2 amide bonds. The maximum absolute atomic E-state index is 13.8. The van der Waals surface area contributed by atoms with Crippen LogP contribution in [0.1, 0.15) is 25.8 Å². The second-order valence-electron chi connectivity index (χ2n) is 8.27. The third-order valence-electron chi connectivity index (χ3n) is 5.73. The van der Waals surface area contributed by atoms with E-state index in [0.717, 1.165) is 34.1 Å². The molecule has 0 saturated carbocycles. The molecule has 0 aromatic heterocycles. The Hall–Kier alpha value is -3.43. The Morgan fingerprint density at radius 2 is 1.57 bits per heavy atom. The summed E-state index contributed by atoms with van der Waals surface area (Å²) in [6.45, 7) is 3.46. The Kier molecular flexibility index (Phi) is 9.66. The van der Waals surface area contributed by atoms with Gasteiger partial charge in [0, 0.05) is 18.1 Å². The predicted molar refractivity (Wildman–Crippen MR) is 142 cm³/mol. The first-order valence-corrected chi connectivity index (χ1v) is 13.6. The quantitative estimate of drug-likeness (QED) is 0.381. The molecule has 0 spiro atoms. The summed E-state index contributed by atoms with van der Waals surface area (Å²) < 4.78 is 41.7. The van der Waals surface area contributed by atoms with E-state index < -0.39 is 34.3 Å². The number of nitrogens with zero attached hydrogens (tertiary/aromatic N) is 2. The lowest BCUT2D eigenvalue weighted by atomic mass is 10.1. The van der Waals surface area contributed by atoms with Crippen LogP contribution in [-0.2, 0) is 26.2 Å². The number of hydrogen-bond acceptors (Lipinski definition) is 4. The van der Waals surface area contributed by atoms with Crippen LogP contribution in [0.5, 0.6) is 0 Å². The van der Waals surface area contributed by atoms with Crippen molar-refractivity contribution in [1.82, 2.24) is 10.2 Å². The molecule has 3 aromatic rings. The van der Waals surface area contributed by atoms with Gasteiger partial charge in [0.2, 0.25) is 11.8 Å². The first-order chi connectivity index (χ1) is 17.7. The molecule has 3 aromatic carbocycles. The first-order valence-electron chi connectivity index (χ1n) is 11.8. The highest BCUT2D eigenvalue weighted by molar-refractivity contribution is 7.92. The second kappa shape index (κ2) is 12.7. The monoisotopic (exact) mass is 545 g/mol. The minimum absolute atomic E-state index is 0.0743. The predicted octanol–water partition coefficient (Wildman–Crippen LogP) is 4.62. The van der Waals surface area contributed by atoms with Gasteiger partial charge in [0.15, 0.2) is 0 Å². The smallest absolute Gasteiger partial charge is 0.264 e. The molecule has 0 aliphatic heterocycles. The molecular weight excluding hydrogens is 517 g/mol. The molecule has 1 unspecified atom stereocenters. The number of sulfonamides is 1. The summed E-state index contributed by atoms with van der Waals surface area (Å²) in [7, 11) is -4.24. The largest absolute Gasteiger partial charge is 0.355 e. The van der Waals surface area contributed by atoms with Gasteiger partial charge in [-0.05, 0) is 67.4 Å². The number of anilines is 1. The van der Waals surface area contributed by atoms with Gasteiger partial charge in [-0.25, -0.2) is 12.8 Å². The first kappa shape index (κ1) is 28.1. The number of para-hydroxylation sites is 1. The highest BCUT2D eigenvalue weighted by atomic mass is 35.5. The average Bonchev–Trinajstić information content (AvgIpc) is 2.89. The second-order valence-corrected chi connectivity index (χ2v) is 10.6. The van der Waals surface area contributed by atoms with Crippen molar-refractivity contribution in [2.24, 2.45) is 0 Å². The van der Waals surface area contributed by atoms with Crippen molar-refractivity contribution in [2.75, 3.05) is 17.4 Å². The Bertz CT molecular complexity index is 1300. The van der Waals surface area contributed by atoms with Gasteiger partial charge in [0.25, 0.3) is 10.0 Å². The lowest BCUT2D eigenvalue weighted by Crippen LogP contribution is -2.52. The molecule has 0 aliphatic rings. The minimum atomic E-state index is -4.24. The summed E-state index contributed by atoms with van der Waals surface area (Å²) in [5.74, 6) is -1.48.